The summed E-state index contributed by atoms with van der Waals surface area (Å²) in [6.45, 7) is 6.98. The van der Waals surface area contributed by atoms with Crippen molar-refractivity contribution >= 4 is 28.4 Å². The number of amides is 3. The van der Waals surface area contributed by atoms with Gasteiger partial charge in [-0.25, -0.2) is 9.78 Å². The lowest BCUT2D eigenvalue weighted by molar-refractivity contribution is 0.0996. The SMILES string of the molecule is CC(C)(C)NC(=O)N1CCc2nc(NC(=O)c3ccco3)sc2C1. The van der Waals surface area contributed by atoms with Crippen molar-refractivity contribution in [1.29, 1.82) is 0 Å². The molecule has 3 amide bonds. The zero-order valence-electron chi connectivity index (χ0n) is 13.9. The normalized spacial score (nSPS) is 14.2. The van der Waals surface area contributed by atoms with E-state index in [1.54, 1.807) is 17.0 Å². The molecule has 1 aliphatic heterocycles. The highest BCUT2D eigenvalue weighted by Gasteiger charge is 2.26. The van der Waals surface area contributed by atoms with Gasteiger partial charge in [0.05, 0.1) is 18.5 Å². The third-order valence-corrected chi connectivity index (χ3v) is 4.46. The van der Waals surface area contributed by atoms with Crippen molar-refractivity contribution in [3.8, 4) is 0 Å². The number of furan rings is 1. The number of aromatic nitrogens is 1. The number of urea groups is 1. The third kappa shape index (κ3) is 3.76. The molecule has 0 aromatic carbocycles. The number of carbonyl (C=O) groups excluding carboxylic acids is 2. The van der Waals surface area contributed by atoms with E-state index in [0.29, 0.717) is 24.6 Å². The van der Waals surface area contributed by atoms with E-state index in [1.807, 2.05) is 20.8 Å². The molecule has 0 spiro atoms. The van der Waals surface area contributed by atoms with Crippen LogP contribution in [0.15, 0.2) is 22.8 Å². The van der Waals surface area contributed by atoms with Crippen LogP contribution in [0.1, 0.15) is 41.9 Å². The number of thiazole rings is 1. The number of hydrogen-bond acceptors (Lipinski definition) is 5. The number of hydrogen-bond donors (Lipinski definition) is 2. The average molecular weight is 348 g/mol. The zero-order valence-corrected chi connectivity index (χ0v) is 14.7. The smallest absolute Gasteiger partial charge is 0.318 e. The van der Waals surface area contributed by atoms with Crippen molar-refractivity contribution in [2.75, 3.05) is 11.9 Å². The molecular formula is C16H20N4O3S. The number of rotatable bonds is 2. The largest absolute Gasteiger partial charge is 0.459 e. The van der Waals surface area contributed by atoms with Gasteiger partial charge in [-0.3, -0.25) is 10.1 Å². The Morgan fingerprint density at radius 2 is 2.17 bits per heavy atom. The van der Waals surface area contributed by atoms with Gasteiger partial charge in [-0.15, -0.1) is 0 Å². The van der Waals surface area contributed by atoms with Crippen molar-refractivity contribution in [2.45, 2.75) is 39.3 Å². The lowest BCUT2D eigenvalue weighted by Gasteiger charge is -2.30. The van der Waals surface area contributed by atoms with Crippen LogP contribution in [0, 0.1) is 0 Å². The van der Waals surface area contributed by atoms with E-state index in [-0.39, 0.29) is 23.2 Å². The highest BCUT2D eigenvalue weighted by Crippen LogP contribution is 2.28. The average Bonchev–Trinajstić information content (AvgIpc) is 3.13. The van der Waals surface area contributed by atoms with Gasteiger partial charge in [0, 0.05) is 23.4 Å². The number of carbonyl (C=O) groups is 2. The van der Waals surface area contributed by atoms with Crippen LogP contribution in [0.25, 0.3) is 0 Å². The fourth-order valence-electron chi connectivity index (χ4n) is 2.39. The van der Waals surface area contributed by atoms with Gasteiger partial charge < -0.3 is 14.6 Å². The van der Waals surface area contributed by atoms with Gasteiger partial charge in [0.2, 0.25) is 0 Å². The molecule has 2 aromatic rings. The molecule has 3 rings (SSSR count). The van der Waals surface area contributed by atoms with Crippen LogP contribution in [0.2, 0.25) is 0 Å². The molecule has 128 valence electrons. The number of anilines is 1. The standard InChI is InChI=1S/C16H20N4O3S/c1-16(2,3)19-15(22)20-7-6-10-12(9-20)24-14(17-10)18-13(21)11-5-4-8-23-11/h4-5,8H,6-7,9H2,1-3H3,(H,19,22)(H,17,18,21). The summed E-state index contributed by atoms with van der Waals surface area (Å²) in [4.78, 5) is 31.5. The first-order valence-corrected chi connectivity index (χ1v) is 8.54. The summed E-state index contributed by atoms with van der Waals surface area (Å²) in [5, 5.41) is 6.23. The van der Waals surface area contributed by atoms with Gasteiger partial charge in [-0.2, -0.15) is 0 Å². The van der Waals surface area contributed by atoms with Gasteiger partial charge in [-0.05, 0) is 32.9 Å². The van der Waals surface area contributed by atoms with Gasteiger partial charge in [0.25, 0.3) is 5.91 Å². The molecule has 8 heteroatoms. The molecular weight excluding hydrogens is 328 g/mol. The Morgan fingerprint density at radius 1 is 1.38 bits per heavy atom. The van der Waals surface area contributed by atoms with Crippen molar-refractivity contribution in [3.05, 3.63) is 34.7 Å². The second kappa shape index (κ2) is 6.27. The maximum Gasteiger partial charge on any atom is 0.318 e. The van der Waals surface area contributed by atoms with Crippen LogP contribution in [0.5, 0.6) is 0 Å². The first-order valence-electron chi connectivity index (χ1n) is 7.72. The molecule has 0 aliphatic carbocycles. The fourth-order valence-corrected chi connectivity index (χ4v) is 3.41. The Labute approximate surface area is 144 Å². The molecule has 0 radical (unpaired) electrons. The maximum absolute atomic E-state index is 12.3. The van der Waals surface area contributed by atoms with Crippen LogP contribution in [-0.2, 0) is 13.0 Å². The Kier molecular flexibility index (Phi) is 4.31. The van der Waals surface area contributed by atoms with E-state index in [2.05, 4.69) is 15.6 Å². The highest BCUT2D eigenvalue weighted by molar-refractivity contribution is 7.15. The van der Waals surface area contributed by atoms with Gasteiger partial charge in [-0.1, -0.05) is 11.3 Å². The topological polar surface area (TPSA) is 87.5 Å². The minimum Gasteiger partial charge on any atom is -0.459 e. The van der Waals surface area contributed by atoms with E-state index in [0.717, 1.165) is 10.6 Å². The van der Waals surface area contributed by atoms with E-state index < -0.39 is 0 Å². The number of nitrogens with zero attached hydrogens (tertiary/aromatic N) is 2. The summed E-state index contributed by atoms with van der Waals surface area (Å²) in [5.74, 6) is -0.0808. The Balaban J connectivity index is 1.66. The molecule has 24 heavy (non-hydrogen) atoms. The Morgan fingerprint density at radius 3 is 2.83 bits per heavy atom. The molecule has 0 fully saturated rings. The predicted molar refractivity (Wildman–Crippen MR) is 91.2 cm³/mol. The number of nitrogens with one attached hydrogen (secondary N) is 2. The van der Waals surface area contributed by atoms with E-state index in [9.17, 15) is 9.59 Å². The van der Waals surface area contributed by atoms with E-state index >= 15 is 0 Å². The minimum absolute atomic E-state index is 0.0808. The molecule has 1 aliphatic rings. The lowest BCUT2D eigenvalue weighted by atomic mass is 10.1. The summed E-state index contributed by atoms with van der Waals surface area (Å²) >= 11 is 1.39. The fraction of sp³-hybridized carbons (Fsp3) is 0.438. The Bertz CT molecular complexity index is 746. The summed E-state index contributed by atoms with van der Waals surface area (Å²) in [7, 11) is 0. The summed E-state index contributed by atoms with van der Waals surface area (Å²) in [5.41, 5.74) is 0.669. The first-order chi connectivity index (χ1) is 11.3. The minimum atomic E-state index is -0.326. The predicted octanol–water partition coefficient (Wildman–Crippen LogP) is 2.85. The summed E-state index contributed by atoms with van der Waals surface area (Å²) < 4.78 is 5.07. The zero-order chi connectivity index (χ0) is 17.3. The molecule has 0 unspecified atom stereocenters. The lowest BCUT2D eigenvalue weighted by Crippen LogP contribution is -2.49. The first kappa shape index (κ1) is 16.5. The van der Waals surface area contributed by atoms with Crippen LogP contribution in [-0.4, -0.2) is 33.9 Å². The van der Waals surface area contributed by atoms with Gasteiger partial charge in [0.1, 0.15) is 0 Å². The van der Waals surface area contributed by atoms with Crippen molar-refractivity contribution < 1.29 is 14.0 Å². The molecule has 0 saturated carbocycles. The van der Waals surface area contributed by atoms with Crippen molar-refractivity contribution in [3.63, 3.8) is 0 Å². The van der Waals surface area contributed by atoms with Gasteiger partial charge >= 0.3 is 6.03 Å². The quantitative estimate of drug-likeness (QED) is 0.873. The molecule has 2 aromatic heterocycles. The summed E-state index contributed by atoms with van der Waals surface area (Å²) in [6, 6.07) is 3.18. The van der Waals surface area contributed by atoms with E-state index in [4.69, 9.17) is 4.42 Å². The molecule has 7 nitrogen and oxygen atoms in total. The summed E-state index contributed by atoms with van der Waals surface area (Å²) in [6.07, 6.45) is 2.13. The molecule has 0 atom stereocenters. The maximum atomic E-state index is 12.3. The highest BCUT2D eigenvalue weighted by atomic mass is 32.1. The van der Waals surface area contributed by atoms with Gasteiger partial charge in [0.15, 0.2) is 10.9 Å². The second-order valence-electron chi connectivity index (χ2n) is 6.67. The second-order valence-corrected chi connectivity index (χ2v) is 7.76. The monoisotopic (exact) mass is 348 g/mol. The molecule has 0 bridgehead atoms. The van der Waals surface area contributed by atoms with Crippen LogP contribution in [0.3, 0.4) is 0 Å². The third-order valence-electron chi connectivity index (χ3n) is 3.47. The number of fused-ring (bicyclic) bond motifs is 1. The molecule has 2 N–H and O–H groups in total. The molecule has 0 saturated heterocycles. The van der Waals surface area contributed by atoms with E-state index in [1.165, 1.54) is 17.6 Å². The van der Waals surface area contributed by atoms with Crippen LogP contribution >= 0.6 is 11.3 Å². The molecule has 3 heterocycles. The van der Waals surface area contributed by atoms with Crippen LogP contribution in [0.4, 0.5) is 9.93 Å². The van der Waals surface area contributed by atoms with Crippen molar-refractivity contribution in [1.82, 2.24) is 15.2 Å². The van der Waals surface area contributed by atoms with Crippen molar-refractivity contribution in [2.24, 2.45) is 0 Å². The van der Waals surface area contributed by atoms with Crippen LogP contribution < -0.4 is 10.6 Å². The Hall–Kier alpha value is -2.35.